The molecule has 0 aromatic heterocycles. The zero-order valence-corrected chi connectivity index (χ0v) is 3.13. The maximum atomic E-state index is 4.76. The van der Waals surface area contributed by atoms with Gasteiger partial charge in [-0.15, -0.1) is 0 Å². The summed E-state index contributed by atoms with van der Waals surface area (Å²) in [6.07, 6.45) is 0. The van der Waals surface area contributed by atoms with Crippen LogP contribution in [0.15, 0.2) is 10.3 Å². The van der Waals surface area contributed by atoms with Crippen molar-refractivity contribution in [2.75, 3.05) is 0 Å². The van der Waals surface area contributed by atoms with Crippen molar-refractivity contribution in [2.45, 2.75) is 0 Å². The van der Waals surface area contributed by atoms with Gasteiger partial charge in [-0.05, 0) is 0 Å². The molecule has 5 heteroatoms. The average Bonchev–Trinajstić information content (AvgIpc) is 1.35. The standard InChI is InChI=1S/CH5N5/c2-1(3)5-6-4/h(H5,2,3,4,5)/p+1. The highest BCUT2D eigenvalue weighted by Gasteiger charge is 1.79. The molecule has 0 atom stereocenters. The Morgan fingerprint density at radius 1 is 1.50 bits per heavy atom. The molecule has 34 valence electrons. The van der Waals surface area contributed by atoms with Gasteiger partial charge in [0.15, 0.2) is 0 Å². The molecular formula is CH6N5+. The van der Waals surface area contributed by atoms with Crippen molar-refractivity contribution < 1.29 is 5.53 Å². The molecule has 0 aliphatic rings. The molecule has 6 heavy (non-hydrogen) atoms. The van der Waals surface area contributed by atoms with Crippen LogP contribution in [-0.2, 0) is 0 Å². The van der Waals surface area contributed by atoms with Gasteiger partial charge in [-0.3, -0.25) is 0 Å². The Balaban J connectivity index is 3.41. The van der Waals surface area contributed by atoms with Gasteiger partial charge in [-0.25, -0.2) is 0 Å². The third kappa shape index (κ3) is 2.87. The Bertz CT molecular complexity index is 68.0. The van der Waals surface area contributed by atoms with Crippen LogP contribution in [0.3, 0.4) is 0 Å². The molecule has 0 fully saturated rings. The summed E-state index contributed by atoms with van der Waals surface area (Å²) < 4.78 is 0. The lowest BCUT2D eigenvalue weighted by Gasteiger charge is -1.66. The minimum absolute atomic E-state index is 0.127. The summed E-state index contributed by atoms with van der Waals surface area (Å²) in [6.45, 7) is 0. The Morgan fingerprint density at radius 3 is 2.00 bits per heavy atom. The zero-order chi connectivity index (χ0) is 4.99. The summed E-state index contributed by atoms with van der Waals surface area (Å²) in [5, 5.41) is 5.77. The minimum Gasteiger partial charge on any atom is -0.346 e. The van der Waals surface area contributed by atoms with Gasteiger partial charge in [0.05, 0.1) is 0 Å². The predicted molar refractivity (Wildman–Crippen MR) is 20.2 cm³/mol. The highest BCUT2D eigenvalue weighted by Crippen LogP contribution is 1.52. The smallest absolute Gasteiger partial charge is 0.335 e. The molecule has 0 heterocycles. The lowest BCUT2D eigenvalue weighted by atomic mass is 11.1. The highest BCUT2D eigenvalue weighted by molar-refractivity contribution is 5.75. The van der Waals surface area contributed by atoms with Crippen molar-refractivity contribution in [1.82, 2.24) is 0 Å². The molecule has 0 amide bonds. The van der Waals surface area contributed by atoms with Crippen molar-refractivity contribution in [3.05, 3.63) is 0 Å². The van der Waals surface area contributed by atoms with Crippen LogP contribution in [0.25, 0.3) is 0 Å². The fourth-order valence-electron chi connectivity index (χ4n) is 0.0667. The number of hydrogen-bond donors (Lipinski definition) is 3. The molecule has 5 nitrogen and oxygen atoms in total. The second-order valence-corrected chi connectivity index (χ2v) is 0.640. The lowest BCUT2D eigenvalue weighted by Crippen LogP contribution is -2.27. The largest absolute Gasteiger partial charge is 0.346 e. The predicted octanol–water partition coefficient (Wildman–Crippen LogP) is -2.61. The van der Waals surface area contributed by atoms with Crippen LogP contribution >= 0.6 is 0 Å². The molecule has 0 saturated heterocycles. The topological polar surface area (TPSA) is 102 Å². The van der Waals surface area contributed by atoms with Crippen molar-refractivity contribution in [1.29, 1.82) is 0 Å². The summed E-state index contributed by atoms with van der Waals surface area (Å²) >= 11 is 0. The van der Waals surface area contributed by atoms with E-state index in [0.717, 1.165) is 0 Å². The first-order valence-electron chi connectivity index (χ1n) is 1.26. The molecule has 0 rings (SSSR count). The van der Waals surface area contributed by atoms with Crippen LogP contribution in [-0.4, -0.2) is 5.96 Å². The second kappa shape index (κ2) is 2.13. The van der Waals surface area contributed by atoms with Gasteiger partial charge in [0.2, 0.25) is 0 Å². The van der Waals surface area contributed by atoms with Crippen LogP contribution in [0.5, 0.6) is 0 Å². The van der Waals surface area contributed by atoms with Gasteiger partial charge in [0.25, 0.3) is 0 Å². The van der Waals surface area contributed by atoms with E-state index in [4.69, 9.17) is 11.5 Å². The maximum absolute atomic E-state index is 4.76. The molecule has 0 aliphatic carbocycles. The first kappa shape index (κ1) is 4.87. The summed E-state index contributed by atoms with van der Waals surface area (Å²) in [5.74, 6) is -0.127. The van der Waals surface area contributed by atoms with Crippen LogP contribution in [0.1, 0.15) is 0 Å². The van der Waals surface area contributed by atoms with Gasteiger partial charge in [-0.2, -0.15) is 5.53 Å². The van der Waals surface area contributed by atoms with E-state index in [9.17, 15) is 0 Å². The van der Waals surface area contributed by atoms with Crippen molar-refractivity contribution in [3.63, 3.8) is 0 Å². The van der Waals surface area contributed by atoms with E-state index >= 15 is 0 Å². The van der Waals surface area contributed by atoms with Gasteiger partial charge < -0.3 is 11.5 Å². The van der Waals surface area contributed by atoms with Gasteiger partial charge in [-0.1, -0.05) is 0 Å². The fourth-order valence-corrected chi connectivity index (χ4v) is 0.0667. The average molecular weight is 88.1 g/mol. The summed E-state index contributed by atoms with van der Waals surface area (Å²) in [6, 6.07) is 0. The Kier molecular flexibility index (Phi) is 1.73. The van der Waals surface area contributed by atoms with Crippen LogP contribution < -0.4 is 17.0 Å². The lowest BCUT2D eigenvalue weighted by molar-refractivity contribution is -0.221. The highest BCUT2D eigenvalue weighted by atomic mass is 15.3. The second-order valence-electron chi connectivity index (χ2n) is 0.640. The summed E-state index contributed by atoms with van der Waals surface area (Å²) in [4.78, 5) is 0. The van der Waals surface area contributed by atoms with E-state index in [1.807, 2.05) is 0 Å². The molecule has 6 N–H and O–H groups in total. The van der Waals surface area contributed by atoms with E-state index < -0.39 is 0 Å². The molecule has 0 aromatic carbocycles. The fraction of sp³-hybridized carbons (Fsp3) is 0. The number of guanidine groups is 1. The Labute approximate surface area is 34.5 Å². The van der Waals surface area contributed by atoms with E-state index in [-0.39, 0.29) is 5.96 Å². The number of hydrogen-bond acceptors (Lipinski definition) is 1. The van der Waals surface area contributed by atoms with Crippen LogP contribution in [0, 0.1) is 0 Å². The zero-order valence-electron chi connectivity index (χ0n) is 3.13. The van der Waals surface area contributed by atoms with Gasteiger partial charge >= 0.3 is 5.96 Å². The quantitative estimate of drug-likeness (QED) is 0.141. The first-order valence-corrected chi connectivity index (χ1v) is 1.26. The van der Waals surface area contributed by atoms with Crippen LogP contribution in [0.2, 0.25) is 0 Å². The van der Waals surface area contributed by atoms with E-state index in [1.165, 1.54) is 0 Å². The van der Waals surface area contributed by atoms with E-state index in [2.05, 4.69) is 15.9 Å². The molecule has 0 saturated carbocycles. The SMILES string of the molecule is NC(N)=NN=[NH2+]. The normalized spacial score (nSPS) is 6.67. The molecule has 0 bridgehead atoms. The summed E-state index contributed by atoms with van der Waals surface area (Å²) in [7, 11) is 0. The van der Waals surface area contributed by atoms with Crippen molar-refractivity contribution >= 4 is 5.96 Å². The maximum Gasteiger partial charge on any atom is 0.335 e. The monoisotopic (exact) mass is 88.1 g/mol. The molecule has 0 spiro atoms. The molecule has 0 radical (unpaired) electrons. The van der Waals surface area contributed by atoms with Gasteiger partial charge in [0, 0.05) is 0 Å². The third-order valence-electron chi connectivity index (χ3n) is 0.173. The number of nitrogens with two attached hydrogens (primary N) is 3. The molecular weight excluding hydrogens is 82.0 g/mol. The third-order valence-corrected chi connectivity index (χ3v) is 0.173. The number of nitrogens with zero attached hydrogens (tertiary/aromatic N) is 2. The van der Waals surface area contributed by atoms with E-state index in [0.29, 0.717) is 0 Å². The Hall–Kier alpha value is -1.13. The first-order chi connectivity index (χ1) is 2.77. The molecule has 0 unspecified atom stereocenters. The number of rotatable bonds is 1. The van der Waals surface area contributed by atoms with Crippen LogP contribution in [0.4, 0.5) is 0 Å². The van der Waals surface area contributed by atoms with Crippen molar-refractivity contribution in [2.24, 2.45) is 21.8 Å². The summed E-state index contributed by atoms with van der Waals surface area (Å²) in [5.41, 5.74) is 14.0. The van der Waals surface area contributed by atoms with Gasteiger partial charge in [0.1, 0.15) is 10.3 Å². The molecule has 0 aliphatic heterocycles. The van der Waals surface area contributed by atoms with Crippen molar-refractivity contribution in [3.8, 4) is 0 Å². The minimum atomic E-state index is -0.127. The Morgan fingerprint density at radius 2 is 2.00 bits per heavy atom. The van der Waals surface area contributed by atoms with E-state index in [1.54, 1.807) is 0 Å². The molecule has 0 aromatic rings.